The van der Waals surface area contributed by atoms with Crippen molar-refractivity contribution in [3.05, 3.63) is 53.2 Å². The summed E-state index contributed by atoms with van der Waals surface area (Å²) in [6.07, 6.45) is 1.58. The number of fused-ring (bicyclic) bond motifs is 1. The maximum Gasteiger partial charge on any atom is 0.255 e. The molecule has 0 aliphatic carbocycles. The number of ether oxygens (including phenoxy) is 1. The molecule has 5 heteroatoms. The van der Waals surface area contributed by atoms with Crippen molar-refractivity contribution in [1.82, 2.24) is 10.3 Å². The molecule has 2 heterocycles. The average molecular weight is 269 g/mol. The summed E-state index contributed by atoms with van der Waals surface area (Å²) in [6, 6.07) is 9.25. The Balaban J connectivity index is 1.75. The molecule has 0 radical (unpaired) electrons. The number of anilines is 1. The molecule has 2 N–H and O–H groups in total. The second kappa shape index (κ2) is 5.30. The van der Waals surface area contributed by atoms with Gasteiger partial charge in [-0.15, -0.1) is 0 Å². The maximum atomic E-state index is 12.2. The van der Waals surface area contributed by atoms with Crippen LogP contribution >= 0.6 is 0 Å². The molecule has 0 saturated heterocycles. The first kappa shape index (κ1) is 12.6. The van der Waals surface area contributed by atoms with Crippen LogP contribution in [0.5, 0.6) is 5.88 Å². The molecule has 1 aliphatic rings. The van der Waals surface area contributed by atoms with Crippen LogP contribution in [0.4, 0.5) is 5.69 Å². The minimum absolute atomic E-state index is 0.133. The zero-order valence-corrected chi connectivity index (χ0v) is 11.1. The third-order valence-electron chi connectivity index (χ3n) is 3.30. The van der Waals surface area contributed by atoms with Gasteiger partial charge in [-0.3, -0.25) is 4.79 Å². The average Bonchev–Trinajstić information content (AvgIpc) is 2.95. The first-order valence-corrected chi connectivity index (χ1v) is 6.40. The van der Waals surface area contributed by atoms with E-state index in [0.717, 1.165) is 13.1 Å². The van der Waals surface area contributed by atoms with Gasteiger partial charge in [-0.05, 0) is 29.3 Å². The van der Waals surface area contributed by atoms with Gasteiger partial charge in [-0.1, -0.05) is 6.07 Å². The van der Waals surface area contributed by atoms with E-state index in [1.165, 1.54) is 11.1 Å². The van der Waals surface area contributed by atoms with Crippen molar-refractivity contribution in [3.63, 3.8) is 0 Å². The lowest BCUT2D eigenvalue weighted by molar-refractivity contribution is 0.102. The Morgan fingerprint density at radius 1 is 1.25 bits per heavy atom. The number of hydrogen-bond donors (Lipinski definition) is 2. The zero-order valence-electron chi connectivity index (χ0n) is 11.1. The molecule has 0 atom stereocenters. The molecule has 2 aromatic rings. The highest BCUT2D eigenvalue weighted by molar-refractivity contribution is 6.04. The summed E-state index contributed by atoms with van der Waals surface area (Å²) >= 11 is 0. The fraction of sp³-hybridized carbons (Fsp3) is 0.200. The standard InChI is InChI=1S/C15H15N3O2/c1-20-14-5-4-13(9-17-14)18-15(19)10-2-3-11-7-16-8-12(11)6-10/h2-6,9,16H,7-8H2,1H3,(H,18,19). The number of rotatable bonds is 3. The van der Waals surface area contributed by atoms with Gasteiger partial charge < -0.3 is 15.4 Å². The summed E-state index contributed by atoms with van der Waals surface area (Å²) < 4.78 is 4.98. The highest BCUT2D eigenvalue weighted by Crippen LogP contribution is 2.18. The van der Waals surface area contributed by atoms with Crippen molar-refractivity contribution >= 4 is 11.6 Å². The van der Waals surface area contributed by atoms with Gasteiger partial charge in [0.2, 0.25) is 5.88 Å². The van der Waals surface area contributed by atoms with Crippen molar-refractivity contribution in [2.45, 2.75) is 13.1 Å². The molecule has 1 aromatic heterocycles. The Morgan fingerprint density at radius 2 is 2.10 bits per heavy atom. The molecule has 0 unspecified atom stereocenters. The lowest BCUT2D eigenvalue weighted by Gasteiger charge is -2.07. The monoisotopic (exact) mass is 269 g/mol. The second-order valence-corrected chi connectivity index (χ2v) is 4.63. The number of methoxy groups -OCH3 is 1. The summed E-state index contributed by atoms with van der Waals surface area (Å²) in [4.78, 5) is 16.2. The lowest BCUT2D eigenvalue weighted by atomic mass is 10.1. The molecule has 5 nitrogen and oxygen atoms in total. The molecule has 1 aliphatic heterocycles. The number of pyridine rings is 1. The number of hydrogen-bond acceptors (Lipinski definition) is 4. The largest absolute Gasteiger partial charge is 0.481 e. The van der Waals surface area contributed by atoms with Crippen LogP contribution in [0.1, 0.15) is 21.5 Å². The highest BCUT2D eigenvalue weighted by atomic mass is 16.5. The summed E-state index contributed by atoms with van der Waals surface area (Å²) in [7, 11) is 1.55. The highest BCUT2D eigenvalue weighted by Gasteiger charge is 2.13. The Kier molecular flexibility index (Phi) is 3.35. The Hall–Kier alpha value is -2.40. The number of nitrogens with one attached hydrogen (secondary N) is 2. The smallest absolute Gasteiger partial charge is 0.255 e. The Labute approximate surface area is 117 Å². The van der Waals surface area contributed by atoms with Gasteiger partial charge in [0.25, 0.3) is 5.91 Å². The number of aromatic nitrogens is 1. The minimum Gasteiger partial charge on any atom is -0.481 e. The molecule has 0 fully saturated rings. The van der Waals surface area contributed by atoms with Crippen molar-refractivity contribution in [2.75, 3.05) is 12.4 Å². The van der Waals surface area contributed by atoms with E-state index >= 15 is 0 Å². The van der Waals surface area contributed by atoms with E-state index < -0.39 is 0 Å². The van der Waals surface area contributed by atoms with Crippen molar-refractivity contribution in [3.8, 4) is 5.88 Å². The van der Waals surface area contributed by atoms with Crippen LogP contribution in [0.25, 0.3) is 0 Å². The number of carbonyl (C=O) groups is 1. The second-order valence-electron chi connectivity index (χ2n) is 4.63. The molecule has 0 spiro atoms. The van der Waals surface area contributed by atoms with Crippen molar-refractivity contribution in [1.29, 1.82) is 0 Å². The van der Waals surface area contributed by atoms with E-state index in [0.29, 0.717) is 17.1 Å². The molecule has 0 saturated carbocycles. The molecule has 1 aromatic carbocycles. The molecule has 3 rings (SSSR count). The fourth-order valence-electron chi connectivity index (χ4n) is 2.21. The van der Waals surface area contributed by atoms with Crippen LogP contribution in [0.15, 0.2) is 36.5 Å². The molecule has 0 bridgehead atoms. The Bertz CT molecular complexity index is 638. The first-order chi connectivity index (χ1) is 9.76. The number of carbonyl (C=O) groups excluding carboxylic acids is 1. The first-order valence-electron chi connectivity index (χ1n) is 6.40. The SMILES string of the molecule is COc1ccc(NC(=O)c2ccc3c(c2)CNC3)cn1. The molecular formula is C15H15N3O2. The third kappa shape index (κ3) is 2.48. The minimum atomic E-state index is -0.133. The van der Waals surface area contributed by atoms with Crippen LogP contribution in [-0.2, 0) is 13.1 Å². The predicted molar refractivity (Wildman–Crippen MR) is 75.7 cm³/mol. The van der Waals surface area contributed by atoms with Gasteiger partial charge in [0.05, 0.1) is 19.0 Å². The molecular weight excluding hydrogens is 254 g/mol. The van der Waals surface area contributed by atoms with Crippen molar-refractivity contribution < 1.29 is 9.53 Å². The van der Waals surface area contributed by atoms with E-state index in [-0.39, 0.29) is 5.91 Å². The van der Waals surface area contributed by atoms with E-state index in [9.17, 15) is 4.79 Å². The molecule has 20 heavy (non-hydrogen) atoms. The van der Waals surface area contributed by atoms with Gasteiger partial charge in [0.15, 0.2) is 0 Å². The predicted octanol–water partition coefficient (Wildman–Crippen LogP) is 1.95. The number of amides is 1. The zero-order chi connectivity index (χ0) is 13.9. The van der Waals surface area contributed by atoms with E-state index in [1.807, 2.05) is 18.2 Å². The van der Waals surface area contributed by atoms with Gasteiger partial charge in [-0.25, -0.2) is 4.98 Å². The van der Waals surface area contributed by atoms with Gasteiger partial charge in [0.1, 0.15) is 0 Å². The fourth-order valence-corrected chi connectivity index (χ4v) is 2.21. The third-order valence-corrected chi connectivity index (χ3v) is 3.30. The van der Waals surface area contributed by atoms with E-state index in [2.05, 4.69) is 15.6 Å². The number of nitrogens with zero attached hydrogens (tertiary/aromatic N) is 1. The van der Waals surface area contributed by atoms with Gasteiger partial charge >= 0.3 is 0 Å². The van der Waals surface area contributed by atoms with Gasteiger partial charge in [0, 0.05) is 24.7 Å². The lowest BCUT2D eigenvalue weighted by Crippen LogP contribution is -2.12. The number of benzene rings is 1. The summed E-state index contributed by atoms with van der Waals surface area (Å²) in [5.41, 5.74) is 3.75. The van der Waals surface area contributed by atoms with Crippen LogP contribution in [0, 0.1) is 0 Å². The molecule has 102 valence electrons. The van der Waals surface area contributed by atoms with E-state index in [4.69, 9.17) is 4.74 Å². The quantitative estimate of drug-likeness (QED) is 0.894. The van der Waals surface area contributed by atoms with Crippen LogP contribution < -0.4 is 15.4 Å². The summed E-state index contributed by atoms with van der Waals surface area (Å²) in [6.45, 7) is 1.69. The van der Waals surface area contributed by atoms with E-state index in [1.54, 1.807) is 25.4 Å². The van der Waals surface area contributed by atoms with Crippen LogP contribution in [0.2, 0.25) is 0 Å². The molecule has 1 amide bonds. The van der Waals surface area contributed by atoms with Crippen molar-refractivity contribution in [2.24, 2.45) is 0 Å². The summed E-state index contributed by atoms with van der Waals surface area (Å²) in [5, 5.41) is 6.08. The maximum absolute atomic E-state index is 12.2. The topological polar surface area (TPSA) is 63.2 Å². The Morgan fingerprint density at radius 3 is 2.85 bits per heavy atom. The van der Waals surface area contributed by atoms with Crippen LogP contribution in [0.3, 0.4) is 0 Å². The van der Waals surface area contributed by atoms with Crippen LogP contribution in [-0.4, -0.2) is 18.0 Å². The normalized spacial score (nSPS) is 12.8. The van der Waals surface area contributed by atoms with Gasteiger partial charge in [-0.2, -0.15) is 0 Å². The summed E-state index contributed by atoms with van der Waals surface area (Å²) in [5.74, 6) is 0.387.